The molecule has 0 amide bonds. The van der Waals surface area contributed by atoms with Crippen LogP contribution in [-0.4, -0.2) is 28.6 Å². The van der Waals surface area contributed by atoms with E-state index in [4.69, 9.17) is 11.5 Å². The fraction of sp³-hybridized carbons (Fsp3) is 0.412. The minimum absolute atomic E-state index is 0.290. The molecule has 0 bridgehead atoms. The zero-order valence-electron chi connectivity index (χ0n) is 14.2. The quantitative estimate of drug-likeness (QED) is 0.455. The highest BCUT2D eigenvalue weighted by atomic mass is 32.2. The number of thioether (sulfide) groups is 1. The Bertz CT molecular complexity index is 773. The Morgan fingerprint density at radius 3 is 2.92 bits per heavy atom. The number of nitrogens with two attached hydrogens (primary N) is 2. The SMILES string of the molecule is Cc1cc2c(cc1SCN(CCP)c1ncnc(N)c1N)C(F)CC2. The van der Waals surface area contributed by atoms with Crippen molar-refractivity contribution >= 4 is 38.3 Å². The molecule has 2 atom stereocenters. The molecule has 2 aromatic rings. The van der Waals surface area contributed by atoms with Gasteiger partial charge in [0.1, 0.15) is 18.2 Å². The first-order valence-electron chi connectivity index (χ1n) is 8.22. The molecule has 1 aromatic heterocycles. The number of anilines is 3. The summed E-state index contributed by atoms with van der Waals surface area (Å²) in [7, 11) is 2.71. The van der Waals surface area contributed by atoms with Gasteiger partial charge in [0.2, 0.25) is 0 Å². The second kappa shape index (κ2) is 7.75. The van der Waals surface area contributed by atoms with Crippen LogP contribution in [0, 0.1) is 6.92 Å². The van der Waals surface area contributed by atoms with Crippen molar-refractivity contribution in [3.05, 3.63) is 35.2 Å². The Morgan fingerprint density at radius 2 is 2.16 bits per heavy atom. The van der Waals surface area contributed by atoms with E-state index in [0.717, 1.165) is 35.1 Å². The lowest BCUT2D eigenvalue weighted by atomic mass is 10.1. The fourth-order valence-corrected chi connectivity index (χ4v) is 4.41. The Kier molecular flexibility index (Phi) is 5.64. The van der Waals surface area contributed by atoms with Gasteiger partial charge in [-0.05, 0) is 48.7 Å². The summed E-state index contributed by atoms with van der Waals surface area (Å²) >= 11 is 1.67. The van der Waals surface area contributed by atoms with Crippen LogP contribution in [-0.2, 0) is 6.42 Å². The van der Waals surface area contributed by atoms with Gasteiger partial charge in [-0.2, -0.15) is 0 Å². The van der Waals surface area contributed by atoms with Crippen LogP contribution < -0.4 is 16.4 Å². The van der Waals surface area contributed by atoms with Gasteiger partial charge in [0, 0.05) is 11.4 Å². The fourth-order valence-electron chi connectivity index (χ4n) is 3.05. The zero-order chi connectivity index (χ0) is 18.0. The van der Waals surface area contributed by atoms with E-state index in [1.165, 1.54) is 11.9 Å². The van der Waals surface area contributed by atoms with Gasteiger partial charge in [0.05, 0.1) is 5.88 Å². The van der Waals surface area contributed by atoms with E-state index < -0.39 is 6.17 Å². The van der Waals surface area contributed by atoms with Crippen molar-refractivity contribution < 1.29 is 4.39 Å². The third-order valence-electron chi connectivity index (χ3n) is 4.41. The lowest BCUT2D eigenvalue weighted by Gasteiger charge is -2.24. The topological polar surface area (TPSA) is 81.1 Å². The van der Waals surface area contributed by atoms with Gasteiger partial charge < -0.3 is 16.4 Å². The first kappa shape index (κ1) is 18.2. The standard InChI is InChI=1S/C17H23FN5PS/c1-10-6-11-2-3-13(18)12(11)7-14(10)25-9-23(4-5-24)17-15(19)16(20)21-8-22-17/h6-8,13H,2-5,9,19,24H2,1H3,(H2,20,21,22). The third kappa shape index (κ3) is 3.82. The minimum Gasteiger partial charge on any atom is -0.393 e. The molecule has 0 fully saturated rings. The molecule has 1 heterocycles. The molecular formula is C17H23FN5PS. The normalized spacial score (nSPS) is 16.0. The van der Waals surface area contributed by atoms with Gasteiger partial charge in [-0.3, -0.25) is 0 Å². The first-order valence-corrected chi connectivity index (χ1v) is 10.0. The number of hydrogen-bond acceptors (Lipinski definition) is 6. The van der Waals surface area contributed by atoms with Crippen molar-refractivity contribution in [2.24, 2.45) is 0 Å². The maximum atomic E-state index is 14.0. The molecule has 0 saturated heterocycles. The monoisotopic (exact) mass is 379 g/mol. The van der Waals surface area contributed by atoms with E-state index in [2.05, 4.69) is 37.1 Å². The highest BCUT2D eigenvalue weighted by molar-refractivity contribution is 7.99. The van der Waals surface area contributed by atoms with Crippen LogP contribution in [0.5, 0.6) is 0 Å². The highest BCUT2D eigenvalue weighted by Crippen LogP contribution is 2.38. The Morgan fingerprint density at radius 1 is 1.36 bits per heavy atom. The van der Waals surface area contributed by atoms with Gasteiger partial charge >= 0.3 is 0 Å². The summed E-state index contributed by atoms with van der Waals surface area (Å²) in [5.41, 5.74) is 15.4. The van der Waals surface area contributed by atoms with E-state index in [-0.39, 0.29) is 5.82 Å². The molecule has 1 aromatic carbocycles. The van der Waals surface area contributed by atoms with E-state index in [0.29, 0.717) is 23.8 Å². The maximum absolute atomic E-state index is 14.0. The van der Waals surface area contributed by atoms with Crippen LogP contribution in [0.3, 0.4) is 0 Å². The molecule has 2 unspecified atom stereocenters. The highest BCUT2D eigenvalue weighted by Gasteiger charge is 2.23. The lowest BCUT2D eigenvalue weighted by molar-refractivity contribution is 0.343. The van der Waals surface area contributed by atoms with Crippen LogP contribution >= 0.6 is 21.0 Å². The smallest absolute Gasteiger partial charge is 0.158 e. The minimum atomic E-state index is -0.838. The Labute approximate surface area is 154 Å². The number of benzene rings is 1. The summed E-state index contributed by atoms with van der Waals surface area (Å²) in [6.45, 7) is 2.85. The lowest BCUT2D eigenvalue weighted by Crippen LogP contribution is -2.27. The molecule has 0 spiro atoms. The van der Waals surface area contributed by atoms with Gasteiger partial charge in [0.25, 0.3) is 0 Å². The number of hydrogen-bond donors (Lipinski definition) is 2. The van der Waals surface area contributed by atoms with Crippen molar-refractivity contribution in [3.8, 4) is 0 Å². The average Bonchev–Trinajstić information content (AvgIpc) is 2.94. The first-order chi connectivity index (χ1) is 12.0. The Hall–Kier alpha value is -1.59. The van der Waals surface area contributed by atoms with Crippen LogP contribution in [0.2, 0.25) is 0 Å². The van der Waals surface area contributed by atoms with E-state index >= 15 is 0 Å². The Balaban J connectivity index is 1.81. The molecule has 0 radical (unpaired) electrons. The van der Waals surface area contributed by atoms with Gasteiger partial charge in [-0.15, -0.1) is 21.0 Å². The summed E-state index contributed by atoms with van der Waals surface area (Å²) in [6, 6.07) is 4.12. The second-order valence-corrected chi connectivity index (χ2v) is 7.71. The molecule has 0 aliphatic heterocycles. The summed E-state index contributed by atoms with van der Waals surface area (Å²) in [5.74, 6) is 1.59. The number of aryl methyl sites for hydroxylation is 2. The van der Waals surface area contributed by atoms with Crippen molar-refractivity contribution in [1.82, 2.24) is 9.97 Å². The number of nitrogen functional groups attached to an aromatic ring is 2. The van der Waals surface area contributed by atoms with Gasteiger partial charge in [0.15, 0.2) is 11.6 Å². The predicted molar refractivity (Wildman–Crippen MR) is 107 cm³/mol. The molecule has 3 rings (SSSR count). The molecule has 134 valence electrons. The molecule has 0 saturated carbocycles. The van der Waals surface area contributed by atoms with Crippen molar-refractivity contribution in [2.45, 2.75) is 30.8 Å². The molecule has 5 nitrogen and oxygen atoms in total. The van der Waals surface area contributed by atoms with E-state index in [1.54, 1.807) is 11.8 Å². The summed E-state index contributed by atoms with van der Waals surface area (Å²) < 4.78 is 14.0. The van der Waals surface area contributed by atoms with Crippen molar-refractivity contribution in [1.29, 1.82) is 0 Å². The maximum Gasteiger partial charge on any atom is 0.158 e. The van der Waals surface area contributed by atoms with Crippen LogP contribution in [0.25, 0.3) is 0 Å². The van der Waals surface area contributed by atoms with Gasteiger partial charge in [-0.1, -0.05) is 6.07 Å². The third-order valence-corrected chi connectivity index (χ3v) is 5.86. The number of aromatic nitrogens is 2. The molecule has 25 heavy (non-hydrogen) atoms. The van der Waals surface area contributed by atoms with E-state index in [1.807, 2.05) is 6.07 Å². The summed E-state index contributed by atoms with van der Waals surface area (Å²) in [4.78, 5) is 11.4. The number of fused-ring (bicyclic) bond motifs is 1. The number of halogens is 1. The molecule has 1 aliphatic rings. The average molecular weight is 379 g/mol. The molecule has 8 heteroatoms. The second-order valence-electron chi connectivity index (χ2n) is 6.14. The summed E-state index contributed by atoms with van der Waals surface area (Å²) in [6.07, 6.45) is 2.89. The molecule has 4 N–H and O–H groups in total. The van der Waals surface area contributed by atoms with Crippen LogP contribution in [0.1, 0.15) is 29.3 Å². The van der Waals surface area contributed by atoms with Crippen molar-refractivity contribution in [2.75, 3.05) is 35.0 Å². The number of alkyl halides is 1. The van der Waals surface area contributed by atoms with E-state index in [9.17, 15) is 4.39 Å². The number of rotatable bonds is 6. The predicted octanol–water partition coefficient (Wildman–Crippen LogP) is 3.34. The van der Waals surface area contributed by atoms with Crippen LogP contribution in [0.15, 0.2) is 23.4 Å². The van der Waals surface area contributed by atoms with Crippen molar-refractivity contribution in [3.63, 3.8) is 0 Å². The van der Waals surface area contributed by atoms with Crippen LogP contribution in [0.4, 0.5) is 21.7 Å². The summed E-state index contributed by atoms with van der Waals surface area (Å²) in [5, 5.41) is 0. The largest absolute Gasteiger partial charge is 0.393 e. The molecule has 1 aliphatic carbocycles. The molecular weight excluding hydrogens is 356 g/mol. The number of nitrogens with zero attached hydrogens (tertiary/aromatic N) is 3. The zero-order valence-corrected chi connectivity index (χ0v) is 16.2. The van der Waals surface area contributed by atoms with Gasteiger partial charge in [-0.25, -0.2) is 14.4 Å².